The zero-order valence-corrected chi connectivity index (χ0v) is 11.6. The molecule has 0 heterocycles. The Morgan fingerprint density at radius 3 is 2.39 bits per heavy atom. The van der Waals surface area contributed by atoms with Crippen LogP contribution in [0.2, 0.25) is 0 Å². The van der Waals surface area contributed by atoms with Crippen LogP contribution in [0.5, 0.6) is 0 Å². The molecule has 0 aromatic heterocycles. The van der Waals surface area contributed by atoms with Crippen LogP contribution in [0.15, 0.2) is 30.3 Å². The van der Waals surface area contributed by atoms with Gasteiger partial charge >= 0.3 is 5.97 Å². The summed E-state index contributed by atoms with van der Waals surface area (Å²) in [6, 6.07) is 10.1. The lowest BCUT2D eigenvalue weighted by atomic mass is 10.2. The average Bonchev–Trinajstić information content (AvgIpc) is 2.40. The molecule has 1 rings (SSSR count). The Morgan fingerprint density at radius 1 is 1.22 bits per heavy atom. The number of hydrogen-bond donors (Lipinski definition) is 0. The van der Waals surface area contributed by atoms with Crippen LogP contribution in [0.3, 0.4) is 0 Å². The number of rotatable bonds is 7. The van der Waals surface area contributed by atoms with Crippen LogP contribution in [0, 0.1) is 0 Å². The van der Waals surface area contributed by atoms with Crippen molar-refractivity contribution in [2.24, 2.45) is 0 Å². The zero-order chi connectivity index (χ0) is 13.4. The highest BCUT2D eigenvalue weighted by atomic mass is 16.6. The summed E-state index contributed by atoms with van der Waals surface area (Å²) in [5.41, 5.74) is 1.09. The van der Waals surface area contributed by atoms with E-state index < -0.39 is 0 Å². The number of carbonyl (C=O) groups is 1. The largest absolute Gasteiger partial charge is 0.442 e. The fraction of sp³-hybridized carbons (Fsp3) is 0.533. The van der Waals surface area contributed by atoms with E-state index in [0.29, 0.717) is 6.42 Å². The van der Waals surface area contributed by atoms with Crippen molar-refractivity contribution in [1.29, 1.82) is 0 Å². The summed E-state index contributed by atoms with van der Waals surface area (Å²) in [6.45, 7) is 6.91. The van der Waals surface area contributed by atoms with Gasteiger partial charge in [0.15, 0.2) is 6.23 Å². The molecular formula is C15H23NO2. The summed E-state index contributed by atoms with van der Waals surface area (Å²) in [6.07, 6.45) is 1.93. The van der Waals surface area contributed by atoms with Gasteiger partial charge in [0.05, 0.1) is 0 Å². The molecule has 18 heavy (non-hydrogen) atoms. The first-order chi connectivity index (χ1) is 8.72. The average molecular weight is 249 g/mol. The molecule has 0 spiro atoms. The maximum Gasteiger partial charge on any atom is 0.307 e. The SMILES string of the molecule is CCCC(=O)OC(CC)N(CC)c1ccccc1. The van der Waals surface area contributed by atoms with E-state index in [2.05, 4.69) is 11.8 Å². The molecule has 0 saturated carbocycles. The molecule has 3 nitrogen and oxygen atoms in total. The van der Waals surface area contributed by atoms with E-state index >= 15 is 0 Å². The molecule has 0 aliphatic heterocycles. The van der Waals surface area contributed by atoms with E-state index in [9.17, 15) is 4.79 Å². The Morgan fingerprint density at radius 2 is 1.89 bits per heavy atom. The second-order valence-electron chi connectivity index (χ2n) is 4.22. The van der Waals surface area contributed by atoms with E-state index in [1.54, 1.807) is 0 Å². The van der Waals surface area contributed by atoms with E-state index in [4.69, 9.17) is 4.74 Å². The summed E-state index contributed by atoms with van der Waals surface area (Å²) in [4.78, 5) is 13.7. The second-order valence-corrected chi connectivity index (χ2v) is 4.22. The predicted molar refractivity (Wildman–Crippen MR) is 74.5 cm³/mol. The molecule has 0 amide bonds. The van der Waals surface area contributed by atoms with Crippen LogP contribution in [0.25, 0.3) is 0 Å². The third-order valence-electron chi connectivity index (χ3n) is 2.85. The molecule has 0 bridgehead atoms. The normalized spacial score (nSPS) is 11.9. The maximum absolute atomic E-state index is 11.6. The lowest BCUT2D eigenvalue weighted by Gasteiger charge is -2.31. The molecule has 0 aliphatic carbocycles. The molecular weight excluding hydrogens is 226 g/mol. The molecule has 1 atom stereocenters. The van der Waals surface area contributed by atoms with Crippen LogP contribution in [-0.2, 0) is 9.53 Å². The molecule has 1 aromatic carbocycles. The molecule has 100 valence electrons. The maximum atomic E-state index is 11.6. The van der Waals surface area contributed by atoms with E-state index in [1.807, 2.05) is 44.2 Å². The first kappa shape index (κ1) is 14.6. The van der Waals surface area contributed by atoms with Crippen molar-refractivity contribution in [3.8, 4) is 0 Å². The lowest BCUT2D eigenvalue weighted by molar-refractivity contribution is -0.149. The molecule has 0 N–H and O–H groups in total. The van der Waals surface area contributed by atoms with Gasteiger partial charge in [0.1, 0.15) is 0 Å². The predicted octanol–water partition coefficient (Wildman–Crippen LogP) is 3.59. The third-order valence-corrected chi connectivity index (χ3v) is 2.85. The van der Waals surface area contributed by atoms with Gasteiger partial charge in [0, 0.05) is 25.1 Å². The minimum absolute atomic E-state index is 0.112. The quantitative estimate of drug-likeness (QED) is 0.546. The van der Waals surface area contributed by atoms with Gasteiger partial charge in [-0.3, -0.25) is 4.79 Å². The second kappa shape index (κ2) is 7.75. The zero-order valence-electron chi connectivity index (χ0n) is 11.6. The van der Waals surface area contributed by atoms with Gasteiger partial charge in [-0.15, -0.1) is 0 Å². The van der Waals surface area contributed by atoms with Crippen LogP contribution < -0.4 is 4.90 Å². The molecule has 0 fully saturated rings. The number of esters is 1. The molecule has 1 unspecified atom stereocenters. The van der Waals surface area contributed by atoms with Crippen molar-refractivity contribution in [2.75, 3.05) is 11.4 Å². The molecule has 0 aliphatic rings. The molecule has 3 heteroatoms. The summed E-state index contributed by atoms with van der Waals surface area (Å²) < 4.78 is 5.53. The number of ether oxygens (including phenoxy) is 1. The van der Waals surface area contributed by atoms with Crippen molar-refractivity contribution in [3.63, 3.8) is 0 Å². The Hall–Kier alpha value is -1.51. The third kappa shape index (κ3) is 4.06. The number of carbonyl (C=O) groups excluding carboxylic acids is 1. The molecule has 0 radical (unpaired) electrons. The van der Waals surface area contributed by atoms with Crippen LogP contribution in [0.4, 0.5) is 5.69 Å². The van der Waals surface area contributed by atoms with Crippen LogP contribution >= 0.6 is 0 Å². The van der Waals surface area contributed by atoms with Crippen molar-refractivity contribution in [2.45, 2.75) is 46.3 Å². The fourth-order valence-electron chi connectivity index (χ4n) is 1.95. The lowest BCUT2D eigenvalue weighted by Crippen LogP contribution is -2.38. The van der Waals surface area contributed by atoms with Gasteiger partial charge in [0.2, 0.25) is 0 Å². The highest BCUT2D eigenvalue weighted by molar-refractivity contribution is 5.69. The minimum Gasteiger partial charge on any atom is -0.442 e. The van der Waals surface area contributed by atoms with E-state index in [-0.39, 0.29) is 12.2 Å². The first-order valence-corrected chi connectivity index (χ1v) is 6.74. The summed E-state index contributed by atoms with van der Waals surface area (Å²) in [7, 11) is 0. The van der Waals surface area contributed by atoms with Gasteiger partial charge in [-0.1, -0.05) is 32.0 Å². The Kier molecular flexibility index (Phi) is 6.26. The smallest absolute Gasteiger partial charge is 0.307 e. The van der Waals surface area contributed by atoms with Crippen molar-refractivity contribution < 1.29 is 9.53 Å². The van der Waals surface area contributed by atoms with Gasteiger partial charge in [-0.25, -0.2) is 0 Å². The highest BCUT2D eigenvalue weighted by Crippen LogP contribution is 2.19. The Balaban J connectivity index is 2.75. The number of nitrogens with zero attached hydrogens (tertiary/aromatic N) is 1. The number of anilines is 1. The van der Waals surface area contributed by atoms with Crippen molar-refractivity contribution >= 4 is 11.7 Å². The van der Waals surface area contributed by atoms with E-state index in [1.165, 1.54) is 0 Å². The summed E-state index contributed by atoms with van der Waals surface area (Å²) in [5, 5.41) is 0. The Bertz CT molecular complexity index is 351. The van der Waals surface area contributed by atoms with Crippen molar-refractivity contribution in [3.05, 3.63) is 30.3 Å². The topological polar surface area (TPSA) is 29.5 Å². The summed E-state index contributed by atoms with van der Waals surface area (Å²) in [5.74, 6) is -0.112. The number of hydrogen-bond acceptors (Lipinski definition) is 3. The van der Waals surface area contributed by atoms with Gasteiger partial charge < -0.3 is 9.64 Å². The fourth-order valence-corrected chi connectivity index (χ4v) is 1.95. The number of benzene rings is 1. The minimum atomic E-state index is -0.170. The first-order valence-electron chi connectivity index (χ1n) is 6.74. The van der Waals surface area contributed by atoms with Gasteiger partial charge in [-0.05, 0) is 25.5 Å². The van der Waals surface area contributed by atoms with E-state index in [0.717, 1.165) is 25.1 Å². The standard InChI is InChI=1S/C15H23NO2/c1-4-10-15(17)18-14(5-2)16(6-3)13-11-8-7-9-12-13/h7-9,11-12,14H,4-6,10H2,1-3H3. The molecule has 1 aromatic rings. The van der Waals surface area contributed by atoms with Crippen molar-refractivity contribution in [1.82, 2.24) is 0 Å². The van der Waals surface area contributed by atoms with Crippen LogP contribution in [-0.4, -0.2) is 18.7 Å². The molecule has 0 saturated heterocycles. The van der Waals surface area contributed by atoms with Gasteiger partial charge in [0.25, 0.3) is 0 Å². The number of para-hydroxylation sites is 1. The Labute approximate surface area is 110 Å². The van der Waals surface area contributed by atoms with Gasteiger partial charge in [-0.2, -0.15) is 0 Å². The summed E-state index contributed by atoms with van der Waals surface area (Å²) >= 11 is 0. The van der Waals surface area contributed by atoms with Crippen LogP contribution in [0.1, 0.15) is 40.0 Å². The highest BCUT2D eigenvalue weighted by Gasteiger charge is 2.19. The monoisotopic (exact) mass is 249 g/mol.